The van der Waals surface area contributed by atoms with Crippen molar-refractivity contribution < 1.29 is 35.5 Å². The number of sulfonamides is 1. The van der Waals surface area contributed by atoms with E-state index in [1.165, 1.54) is 30.3 Å². The van der Waals surface area contributed by atoms with Crippen molar-refractivity contribution in [2.45, 2.75) is 12.1 Å². The van der Waals surface area contributed by atoms with E-state index >= 15 is 0 Å². The van der Waals surface area contributed by atoms with Crippen molar-refractivity contribution in [3.05, 3.63) is 64.7 Å². The molecule has 0 aliphatic rings. The maximum Gasteiger partial charge on any atom is 0.516 e. The van der Waals surface area contributed by atoms with Gasteiger partial charge in [0, 0.05) is 0 Å². The quantitative estimate of drug-likeness (QED) is 0.604. The van der Waals surface area contributed by atoms with E-state index in [1.807, 2.05) is 0 Å². The smallest absolute Gasteiger partial charge is 0.435 e. The Kier molecular flexibility index (Phi) is 5.48. The van der Waals surface area contributed by atoms with Crippen LogP contribution in [0.1, 0.15) is 0 Å². The zero-order valence-corrected chi connectivity index (χ0v) is 15.5. The normalized spacial score (nSPS) is 12.0. The van der Waals surface area contributed by atoms with Gasteiger partial charge in [-0.1, -0.05) is 12.1 Å². The van der Waals surface area contributed by atoms with Crippen LogP contribution in [0.2, 0.25) is 0 Å². The average molecular weight is 445 g/mol. The van der Waals surface area contributed by atoms with Crippen LogP contribution in [0.15, 0.2) is 53.3 Å². The minimum Gasteiger partial charge on any atom is -0.435 e. The molecule has 0 saturated carbocycles. The molecule has 158 valence electrons. The maximum absolute atomic E-state index is 13.0. The Morgan fingerprint density at radius 1 is 1.10 bits per heavy atom. The highest BCUT2D eigenvalue weighted by Gasteiger charge is 2.47. The summed E-state index contributed by atoms with van der Waals surface area (Å²) in [6.45, 7) is -1.06. The Morgan fingerprint density at radius 2 is 1.73 bits per heavy atom. The molecule has 1 aromatic heterocycles. The number of amides is 1. The Balaban J connectivity index is 2.01. The van der Waals surface area contributed by atoms with Crippen LogP contribution < -0.4 is 15.0 Å². The number of ether oxygens (including phenoxy) is 1. The Morgan fingerprint density at radius 3 is 2.37 bits per heavy atom. The van der Waals surface area contributed by atoms with Crippen LogP contribution in [0, 0.1) is 5.82 Å². The van der Waals surface area contributed by atoms with Gasteiger partial charge in [-0.3, -0.25) is 14.2 Å². The zero-order valence-electron chi connectivity index (χ0n) is 14.7. The molecule has 0 spiro atoms. The lowest BCUT2D eigenvalue weighted by Gasteiger charge is -2.13. The van der Waals surface area contributed by atoms with Crippen molar-refractivity contribution in [2.24, 2.45) is 0 Å². The summed E-state index contributed by atoms with van der Waals surface area (Å²) in [4.78, 5) is 28.6. The van der Waals surface area contributed by atoms with Crippen molar-refractivity contribution in [1.29, 1.82) is 0 Å². The van der Waals surface area contributed by atoms with Gasteiger partial charge in [0.05, 0.1) is 11.0 Å². The van der Waals surface area contributed by atoms with Gasteiger partial charge in [-0.15, -0.1) is 0 Å². The van der Waals surface area contributed by atoms with Crippen molar-refractivity contribution in [3.63, 3.8) is 0 Å². The summed E-state index contributed by atoms with van der Waals surface area (Å²) in [5.41, 5.74) is -6.53. The molecule has 0 saturated heterocycles. The second-order valence-corrected chi connectivity index (χ2v) is 7.50. The lowest BCUT2D eigenvalue weighted by Crippen LogP contribution is -2.42. The summed E-state index contributed by atoms with van der Waals surface area (Å²) in [7, 11) is -5.94. The minimum absolute atomic E-state index is 0.0342. The highest BCUT2D eigenvalue weighted by atomic mass is 32.2. The van der Waals surface area contributed by atoms with Crippen LogP contribution in [0.4, 0.5) is 17.6 Å². The molecule has 1 N–H and O–H groups in total. The van der Waals surface area contributed by atoms with Crippen molar-refractivity contribution in [2.75, 3.05) is 0 Å². The summed E-state index contributed by atoms with van der Waals surface area (Å²) >= 11 is 0. The fourth-order valence-corrected chi connectivity index (χ4v) is 2.87. The molecule has 0 unspecified atom stereocenters. The first-order chi connectivity index (χ1) is 14.0. The van der Waals surface area contributed by atoms with Gasteiger partial charge in [0.15, 0.2) is 0 Å². The molecule has 0 atom stereocenters. The molecule has 3 rings (SSSR count). The van der Waals surface area contributed by atoms with E-state index in [0.29, 0.717) is 4.57 Å². The average Bonchev–Trinajstić information content (AvgIpc) is 2.65. The number of hydrogen-bond acceptors (Lipinski definition) is 6. The van der Waals surface area contributed by atoms with Gasteiger partial charge >= 0.3 is 21.1 Å². The lowest BCUT2D eigenvalue weighted by atomic mass is 10.3. The molecule has 0 bridgehead atoms. The molecule has 0 radical (unpaired) electrons. The lowest BCUT2D eigenvalue weighted by molar-refractivity contribution is -0.120. The van der Waals surface area contributed by atoms with Crippen molar-refractivity contribution >= 4 is 27.0 Å². The van der Waals surface area contributed by atoms with Crippen LogP contribution in [-0.2, 0) is 21.4 Å². The van der Waals surface area contributed by atoms with Crippen molar-refractivity contribution in [3.8, 4) is 11.6 Å². The molecule has 0 aliphatic carbocycles. The Hall–Kier alpha value is -3.48. The number of nitrogens with one attached hydrogen (secondary N) is 1. The number of nitrogens with zero attached hydrogens (tertiary/aromatic N) is 2. The number of carbonyl (C=O) groups is 1. The second kappa shape index (κ2) is 7.74. The number of rotatable bonds is 5. The number of aromatic nitrogens is 2. The molecule has 0 aliphatic heterocycles. The molecule has 1 amide bonds. The molecule has 1 heterocycles. The number of fused-ring (bicyclic) bond motifs is 1. The third kappa shape index (κ3) is 4.40. The summed E-state index contributed by atoms with van der Waals surface area (Å²) in [5.74, 6) is -2.67. The van der Waals surface area contributed by atoms with E-state index in [9.17, 15) is 35.6 Å². The number of carbonyl (C=O) groups excluding carboxylic acids is 1. The summed E-state index contributed by atoms with van der Waals surface area (Å²) in [6, 6.07) is 10.3. The standard InChI is InChI=1S/C17H11F4N3O5S/c18-10-5-7-11(8-6-10)29-15-16(26)24(13-4-2-1-3-12(13)22-15)9-14(25)23-30(27,28)17(19,20)21/h1-8H,9H2,(H,23,25). The molecule has 0 fully saturated rings. The fourth-order valence-electron chi connectivity index (χ4n) is 2.39. The third-order valence-corrected chi connectivity index (χ3v) is 4.81. The largest absolute Gasteiger partial charge is 0.516 e. The van der Waals surface area contributed by atoms with E-state index in [1.54, 1.807) is 6.07 Å². The van der Waals surface area contributed by atoms with Crippen LogP contribution in [0.3, 0.4) is 0 Å². The number of para-hydroxylation sites is 2. The first kappa shape index (κ1) is 21.2. The Bertz CT molecular complexity index is 1270. The van der Waals surface area contributed by atoms with Gasteiger partial charge in [-0.25, -0.2) is 14.1 Å². The van der Waals surface area contributed by atoms with Gasteiger partial charge in [0.2, 0.25) is 0 Å². The number of benzene rings is 2. The minimum atomic E-state index is -5.94. The first-order valence-electron chi connectivity index (χ1n) is 8.03. The number of alkyl halides is 3. The predicted octanol–water partition coefficient (Wildman–Crippen LogP) is 2.29. The van der Waals surface area contributed by atoms with E-state index in [2.05, 4.69) is 4.98 Å². The second-order valence-electron chi connectivity index (χ2n) is 5.83. The SMILES string of the molecule is O=C(Cn1c(=O)c(Oc2ccc(F)cc2)nc2ccccc21)NS(=O)(=O)C(F)(F)F. The molecule has 8 nitrogen and oxygen atoms in total. The van der Waals surface area contributed by atoms with E-state index in [4.69, 9.17) is 4.74 Å². The predicted molar refractivity (Wildman–Crippen MR) is 95.6 cm³/mol. The highest BCUT2D eigenvalue weighted by molar-refractivity contribution is 7.90. The topological polar surface area (TPSA) is 107 Å². The maximum atomic E-state index is 13.0. The van der Waals surface area contributed by atoms with E-state index in [-0.39, 0.29) is 16.8 Å². The third-order valence-electron chi connectivity index (χ3n) is 3.71. The van der Waals surface area contributed by atoms with E-state index in [0.717, 1.165) is 16.9 Å². The van der Waals surface area contributed by atoms with Crippen LogP contribution in [0.5, 0.6) is 11.6 Å². The molecule has 2 aromatic carbocycles. The summed E-state index contributed by atoms with van der Waals surface area (Å²) < 4.78 is 79.6. The first-order valence-corrected chi connectivity index (χ1v) is 9.51. The monoisotopic (exact) mass is 445 g/mol. The molecule has 30 heavy (non-hydrogen) atoms. The number of halogens is 4. The summed E-state index contributed by atoms with van der Waals surface area (Å²) in [5, 5.41) is 0. The molecule has 3 aromatic rings. The molecule has 13 heteroatoms. The number of hydrogen-bond donors (Lipinski definition) is 1. The Labute approximate surface area is 165 Å². The zero-order chi connectivity index (χ0) is 22.1. The molecular weight excluding hydrogens is 434 g/mol. The van der Waals surface area contributed by atoms with Crippen LogP contribution >= 0.6 is 0 Å². The highest BCUT2D eigenvalue weighted by Crippen LogP contribution is 2.22. The van der Waals surface area contributed by atoms with Gasteiger partial charge in [0.1, 0.15) is 18.1 Å². The summed E-state index contributed by atoms with van der Waals surface area (Å²) in [6.07, 6.45) is 0. The van der Waals surface area contributed by atoms with Gasteiger partial charge < -0.3 is 4.74 Å². The fraction of sp³-hybridized carbons (Fsp3) is 0.118. The van der Waals surface area contributed by atoms with Crippen LogP contribution in [-0.4, -0.2) is 29.4 Å². The molecular formula is C17H11F4N3O5S. The van der Waals surface area contributed by atoms with Crippen LogP contribution in [0.25, 0.3) is 11.0 Å². The van der Waals surface area contributed by atoms with Gasteiger partial charge in [-0.05, 0) is 36.4 Å². The van der Waals surface area contributed by atoms with E-state index < -0.39 is 45.2 Å². The van der Waals surface area contributed by atoms with Gasteiger partial charge in [-0.2, -0.15) is 21.6 Å². The van der Waals surface area contributed by atoms with Gasteiger partial charge in [0.25, 0.3) is 11.8 Å². The van der Waals surface area contributed by atoms with Crippen molar-refractivity contribution in [1.82, 2.24) is 14.3 Å².